The first-order valence-electron chi connectivity index (χ1n) is 24.1. The summed E-state index contributed by atoms with van der Waals surface area (Å²) in [6.07, 6.45) is 59.9. The molecule has 0 spiro atoms. The molecule has 0 unspecified atom stereocenters. The minimum Gasteiger partial charge on any atom is -0.462 e. The molecule has 0 aromatic heterocycles. The first-order chi connectivity index (χ1) is 29.0. The smallest absolute Gasteiger partial charge is 0.306 e. The van der Waals surface area contributed by atoms with E-state index in [1.165, 1.54) is 51.4 Å². The van der Waals surface area contributed by atoms with Gasteiger partial charge in [0.05, 0.1) is 0 Å². The van der Waals surface area contributed by atoms with E-state index < -0.39 is 6.10 Å². The summed E-state index contributed by atoms with van der Waals surface area (Å²) in [6, 6.07) is 0. The van der Waals surface area contributed by atoms with Crippen molar-refractivity contribution in [3.05, 3.63) is 85.1 Å². The van der Waals surface area contributed by atoms with Crippen LogP contribution in [0.15, 0.2) is 85.1 Å². The largest absolute Gasteiger partial charge is 0.462 e. The van der Waals surface area contributed by atoms with Gasteiger partial charge in [0.1, 0.15) is 13.2 Å². The summed E-state index contributed by atoms with van der Waals surface area (Å²) >= 11 is 0. The fraction of sp³-hybridized carbons (Fsp3) is 0.679. The Morgan fingerprint density at radius 1 is 0.356 bits per heavy atom. The Morgan fingerprint density at radius 2 is 0.661 bits per heavy atom. The monoisotopic (exact) mass is 821 g/mol. The van der Waals surface area contributed by atoms with Crippen LogP contribution in [0, 0.1) is 0 Å². The van der Waals surface area contributed by atoms with Crippen LogP contribution < -0.4 is 0 Å². The van der Waals surface area contributed by atoms with Crippen molar-refractivity contribution in [2.24, 2.45) is 0 Å². The maximum Gasteiger partial charge on any atom is 0.306 e. The first-order valence-corrected chi connectivity index (χ1v) is 24.1. The highest BCUT2D eigenvalue weighted by molar-refractivity contribution is 5.71. The molecule has 0 bridgehead atoms. The summed E-state index contributed by atoms with van der Waals surface area (Å²) in [7, 11) is 0. The van der Waals surface area contributed by atoms with Gasteiger partial charge in [0, 0.05) is 19.3 Å². The molecule has 0 radical (unpaired) electrons. The van der Waals surface area contributed by atoms with Crippen molar-refractivity contribution in [2.75, 3.05) is 13.2 Å². The van der Waals surface area contributed by atoms with Crippen molar-refractivity contribution < 1.29 is 28.6 Å². The summed E-state index contributed by atoms with van der Waals surface area (Å²) in [6.45, 7) is 6.34. The number of hydrogen-bond donors (Lipinski definition) is 0. The third-order valence-electron chi connectivity index (χ3n) is 9.90. The fourth-order valence-corrected chi connectivity index (χ4v) is 6.33. The highest BCUT2D eigenvalue weighted by atomic mass is 16.6. The minimum absolute atomic E-state index is 0.0963. The van der Waals surface area contributed by atoms with Gasteiger partial charge < -0.3 is 14.2 Å². The van der Waals surface area contributed by atoms with Gasteiger partial charge in [0.25, 0.3) is 0 Å². The average Bonchev–Trinajstić information content (AvgIpc) is 3.23. The number of unbranched alkanes of at least 4 members (excludes halogenated alkanes) is 17. The molecular weight excluding hydrogens is 733 g/mol. The summed E-state index contributed by atoms with van der Waals surface area (Å²) in [4.78, 5) is 37.8. The highest BCUT2D eigenvalue weighted by Gasteiger charge is 2.19. The summed E-state index contributed by atoms with van der Waals surface area (Å²) in [5, 5.41) is 0. The van der Waals surface area contributed by atoms with E-state index in [1.54, 1.807) is 0 Å². The molecule has 0 aliphatic heterocycles. The lowest BCUT2D eigenvalue weighted by molar-refractivity contribution is -0.167. The van der Waals surface area contributed by atoms with E-state index in [4.69, 9.17) is 14.2 Å². The zero-order valence-corrected chi connectivity index (χ0v) is 38.2. The summed E-state index contributed by atoms with van der Waals surface area (Å²) in [5.41, 5.74) is 0. The molecule has 1 atom stereocenters. The number of carbonyl (C=O) groups excluding carboxylic acids is 3. The molecule has 0 aromatic carbocycles. The van der Waals surface area contributed by atoms with Crippen LogP contribution in [0.3, 0.4) is 0 Å². The van der Waals surface area contributed by atoms with Crippen LogP contribution in [0.5, 0.6) is 0 Å². The van der Waals surface area contributed by atoms with E-state index in [0.717, 1.165) is 122 Å². The second kappa shape index (κ2) is 47.3. The minimum atomic E-state index is -0.800. The van der Waals surface area contributed by atoms with Crippen molar-refractivity contribution in [1.29, 1.82) is 0 Å². The SMILES string of the molecule is CC/C=C\C/C=C\C/C=C\C/C=C\CCCCC(=O)OC[C@@H](COC(=O)CCCCCCCCCCCCC)OC(=O)CCCCCCC/C=C\C/C=C\C/C=C\CC. The van der Waals surface area contributed by atoms with Gasteiger partial charge in [-0.2, -0.15) is 0 Å². The highest BCUT2D eigenvalue weighted by Crippen LogP contribution is 2.14. The maximum absolute atomic E-state index is 12.8. The van der Waals surface area contributed by atoms with E-state index in [9.17, 15) is 14.4 Å². The van der Waals surface area contributed by atoms with Crippen molar-refractivity contribution >= 4 is 17.9 Å². The number of carbonyl (C=O) groups is 3. The van der Waals surface area contributed by atoms with Crippen LogP contribution >= 0.6 is 0 Å². The number of allylic oxidation sites excluding steroid dienone is 14. The second-order valence-corrected chi connectivity index (χ2v) is 15.6. The average molecular weight is 821 g/mol. The lowest BCUT2D eigenvalue weighted by atomic mass is 10.1. The van der Waals surface area contributed by atoms with Gasteiger partial charge in [-0.05, 0) is 89.9 Å². The number of rotatable bonds is 42. The molecule has 59 heavy (non-hydrogen) atoms. The van der Waals surface area contributed by atoms with Crippen LogP contribution in [0.2, 0.25) is 0 Å². The van der Waals surface area contributed by atoms with Crippen LogP contribution in [0.4, 0.5) is 0 Å². The van der Waals surface area contributed by atoms with Crippen molar-refractivity contribution in [1.82, 2.24) is 0 Å². The lowest BCUT2D eigenvalue weighted by Gasteiger charge is -2.18. The maximum atomic E-state index is 12.8. The molecule has 0 fully saturated rings. The van der Waals surface area contributed by atoms with Gasteiger partial charge in [0.15, 0.2) is 6.10 Å². The third kappa shape index (κ3) is 45.5. The van der Waals surface area contributed by atoms with Crippen molar-refractivity contribution in [2.45, 2.75) is 219 Å². The third-order valence-corrected chi connectivity index (χ3v) is 9.90. The number of esters is 3. The molecule has 0 aliphatic carbocycles. The predicted octanol–water partition coefficient (Wildman–Crippen LogP) is 15.6. The van der Waals surface area contributed by atoms with E-state index >= 15 is 0 Å². The molecule has 0 heterocycles. The molecule has 0 aliphatic rings. The second-order valence-electron chi connectivity index (χ2n) is 15.6. The Hall–Kier alpha value is -3.41. The van der Waals surface area contributed by atoms with Crippen LogP contribution in [0.1, 0.15) is 213 Å². The summed E-state index contributed by atoms with van der Waals surface area (Å²) in [5.74, 6) is -0.962. The van der Waals surface area contributed by atoms with Crippen LogP contribution in [-0.2, 0) is 28.6 Å². The Labute approximate surface area is 363 Å². The topological polar surface area (TPSA) is 78.9 Å². The number of hydrogen-bond acceptors (Lipinski definition) is 6. The molecule has 0 amide bonds. The Morgan fingerprint density at radius 3 is 1.07 bits per heavy atom. The summed E-state index contributed by atoms with van der Waals surface area (Å²) < 4.78 is 16.7. The molecule has 336 valence electrons. The lowest BCUT2D eigenvalue weighted by Crippen LogP contribution is -2.30. The Balaban J connectivity index is 4.48. The zero-order chi connectivity index (χ0) is 43.0. The normalized spacial score (nSPS) is 12.8. The number of ether oxygens (including phenoxy) is 3. The fourth-order valence-electron chi connectivity index (χ4n) is 6.33. The Kier molecular flexibility index (Phi) is 44.5. The van der Waals surface area contributed by atoms with Gasteiger partial charge in [-0.25, -0.2) is 0 Å². The van der Waals surface area contributed by atoms with E-state index in [0.29, 0.717) is 19.3 Å². The van der Waals surface area contributed by atoms with Gasteiger partial charge in [0.2, 0.25) is 0 Å². The standard InChI is InChI=1S/C53H88O6/c1-4-7-10-13-16-19-22-24-26-28-31-34-37-40-43-46-52(55)58-49-50(48-57-51(54)45-42-39-36-33-30-21-18-15-12-9-6-3)59-53(56)47-44-41-38-35-32-29-27-25-23-20-17-14-11-8-5-2/h7-8,10-11,16-17,19-20,24-27,31,34,50H,4-6,9,12-15,18,21-23,28-30,32-33,35-49H2,1-3H3/b10-7-,11-8-,19-16-,20-17-,26-24-,27-25-,34-31-/t50-/m1/s1. The molecule has 0 saturated carbocycles. The molecule has 0 aromatic rings. The molecule has 0 rings (SSSR count). The van der Waals surface area contributed by atoms with Crippen LogP contribution in [0.25, 0.3) is 0 Å². The predicted molar refractivity (Wildman–Crippen MR) is 251 cm³/mol. The first kappa shape index (κ1) is 55.6. The van der Waals surface area contributed by atoms with E-state index in [-0.39, 0.29) is 31.1 Å². The zero-order valence-electron chi connectivity index (χ0n) is 38.2. The van der Waals surface area contributed by atoms with Crippen molar-refractivity contribution in [3.8, 4) is 0 Å². The molecule has 0 N–H and O–H groups in total. The molecule has 6 heteroatoms. The molecule has 6 nitrogen and oxygen atoms in total. The van der Waals surface area contributed by atoms with Gasteiger partial charge in [-0.1, -0.05) is 189 Å². The van der Waals surface area contributed by atoms with Gasteiger partial charge in [-0.3, -0.25) is 14.4 Å². The van der Waals surface area contributed by atoms with Crippen LogP contribution in [-0.4, -0.2) is 37.2 Å². The van der Waals surface area contributed by atoms with Gasteiger partial charge >= 0.3 is 17.9 Å². The molecular formula is C53H88O6. The van der Waals surface area contributed by atoms with Crippen molar-refractivity contribution in [3.63, 3.8) is 0 Å². The Bertz CT molecular complexity index is 1170. The molecule has 0 saturated heterocycles. The van der Waals surface area contributed by atoms with E-state index in [2.05, 4.69) is 106 Å². The quantitative estimate of drug-likeness (QED) is 0.0264. The van der Waals surface area contributed by atoms with Gasteiger partial charge in [-0.15, -0.1) is 0 Å². The van der Waals surface area contributed by atoms with E-state index in [1.807, 2.05) is 0 Å².